The van der Waals surface area contributed by atoms with Crippen molar-refractivity contribution >= 4 is 0 Å². The molecule has 72 valence electrons. The van der Waals surface area contributed by atoms with Crippen LogP contribution in [0.4, 0.5) is 4.39 Å². The van der Waals surface area contributed by atoms with Gasteiger partial charge in [-0.3, -0.25) is 0 Å². The van der Waals surface area contributed by atoms with E-state index in [2.05, 4.69) is 12.2 Å². The SMILES string of the molecule is CNC[C@H](C)c1ccc(F)cc1C. The maximum absolute atomic E-state index is 12.8. The van der Waals surface area contributed by atoms with Crippen LogP contribution in [0.5, 0.6) is 0 Å². The van der Waals surface area contributed by atoms with Gasteiger partial charge in [0.05, 0.1) is 0 Å². The maximum atomic E-state index is 12.8. The van der Waals surface area contributed by atoms with Gasteiger partial charge in [-0.2, -0.15) is 0 Å². The molecule has 0 aliphatic rings. The van der Waals surface area contributed by atoms with E-state index in [-0.39, 0.29) is 5.82 Å². The summed E-state index contributed by atoms with van der Waals surface area (Å²) in [6.45, 7) is 5.01. The predicted octanol–water partition coefficient (Wildman–Crippen LogP) is 2.46. The van der Waals surface area contributed by atoms with Crippen LogP contribution in [0, 0.1) is 12.7 Å². The highest BCUT2D eigenvalue weighted by Gasteiger charge is 2.07. The summed E-state index contributed by atoms with van der Waals surface area (Å²) in [5.74, 6) is 0.281. The van der Waals surface area contributed by atoms with Crippen LogP contribution in [0.2, 0.25) is 0 Å². The van der Waals surface area contributed by atoms with Crippen molar-refractivity contribution in [2.75, 3.05) is 13.6 Å². The van der Waals surface area contributed by atoms with Crippen LogP contribution in [0.25, 0.3) is 0 Å². The van der Waals surface area contributed by atoms with E-state index >= 15 is 0 Å². The third-order valence-corrected chi connectivity index (χ3v) is 2.27. The molecule has 0 radical (unpaired) electrons. The lowest BCUT2D eigenvalue weighted by molar-refractivity contribution is 0.621. The van der Waals surface area contributed by atoms with Gasteiger partial charge in [-0.05, 0) is 43.1 Å². The average Bonchev–Trinajstić information content (AvgIpc) is 2.04. The zero-order valence-corrected chi connectivity index (χ0v) is 8.39. The molecule has 0 spiro atoms. The smallest absolute Gasteiger partial charge is 0.123 e. The van der Waals surface area contributed by atoms with Crippen LogP contribution in [0.15, 0.2) is 18.2 Å². The molecule has 1 aromatic rings. The maximum Gasteiger partial charge on any atom is 0.123 e. The molecule has 0 fully saturated rings. The van der Waals surface area contributed by atoms with E-state index in [1.165, 1.54) is 11.6 Å². The first kappa shape index (κ1) is 10.2. The van der Waals surface area contributed by atoms with Crippen molar-refractivity contribution in [3.05, 3.63) is 35.1 Å². The summed E-state index contributed by atoms with van der Waals surface area (Å²) in [6.07, 6.45) is 0. The molecule has 1 aromatic carbocycles. The molecule has 1 nitrogen and oxygen atoms in total. The van der Waals surface area contributed by atoms with E-state index in [1.54, 1.807) is 6.07 Å². The summed E-state index contributed by atoms with van der Waals surface area (Å²) in [6, 6.07) is 4.97. The molecule has 0 aliphatic carbocycles. The van der Waals surface area contributed by atoms with Gasteiger partial charge < -0.3 is 5.32 Å². The largest absolute Gasteiger partial charge is 0.319 e. The molecule has 1 atom stereocenters. The molecular formula is C11H16FN. The van der Waals surface area contributed by atoms with Gasteiger partial charge in [0.15, 0.2) is 0 Å². The highest BCUT2D eigenvalue weighted by Crippen LogP contribution is 2.19. The summed E-state index contributed by atoms with van der Waals surface area (Å²) in [7, 11) is 1.93. The Labute approximate surface area is 79.0 Å². The number of hydrogen-bond acceptors (Lipinski definition) is 1. The minimum absolute atomic E-state index is 0.155. The summed E-state index contributed by atoms with van der Waals surface area (Å²) in [4.78, 5) is 0. The molecule has 1 rings (SSSR count). The Hall–Kier alpha value is -0.890. The fraction of sp³-hybridized carbons (Fsp3) is 0.455. The number of rotatable bonds is 3. The molecule has 0 unspecified atom stereocenters. The fourth-order valence-electron chi connectivity index (χ4n) is 1.61. The van der Waals surface area contributed by atoms with Crippen LogP contribution >= 0.6 is 0 Å². The topological polar surface area (TPSA) is 12.0 Å². The number of benzene rings is 1. The molecule has 0 saturated carbocycles. The van der Waals surface area contributed by atoms with Crippen LogP contribution in [-0.2, 0) is 0 Å². The van der Waals surface area contributed by atoms with E-state index in [0.717, 1.165) is 12.1 Å². The van der Waals surface area contributed by atoms with Gasteiger partial charge in [0.25, 0.3) is 0 Å². The number of hydrogen-bond donors (Lipinski definition) is 1. The highest BCUT2D eigenvalue weighted by molar-refractivity contribution is 5.29. The lowest BCUT2D eigenvalue weighted by Gasteiger charge is -2.13. The Kier molecular flexibility index (Phi) is 3.43. The lowest BCUT2D eigenvalue weighted by atomic mass is 9.96. The third kappa shape index (κ3) is 2.52. The van der Waals surface area contributed by atoms with Crippen molar-refractivity contribution in [3.8, 4) is 0 Å². The highest BCUT2D eigenvalue weighted by atomic mass is 19.1. The first-order chi connectivity index (χ1) is 6.15. The average molecular weight is 181 g/mol. The van der Waals surface area contributed by atoms with Crippen LogP contribution < -0.4 is 5.32 Å². The summed E-state index contributed by atoms with van der Waals surface area (Å²) in [5.41, 5.74) is 2.25. The third-order valence-electron chi connectivity index (χ3n) is 2.27. The van der Waals surface area contributed by atoms with Crippen molar-refractivity contribution in [2.45, 2.75) is 19.8 Å². The van der Waals surface area contributed by atoms with Gasteiger partial charge in [0, 0.05) is 6.54 Å². The zero-order chi connectivity index (χ0) is 9.84. The molecular weight excluding hydrogens is 165 g/mol. The minimum atomic E-state index is -0.155. The number of likely N-dealkylation sites (N-methyl/N-ethyl adjacent to an activating group) is 1. The van der Waals surface area contributed by atoms with E-state index in [4.69, 9.17) is 0 Å². The monoisotopic (exact) mass is 181 g/mol. The molecule has 0 amide bonds. The van der Waals surface area contributed by atoms with Crippen LogP contribution in [0.1, 0.15) is 24.0 Å². The van der Waals surface area contributed by atoms with Gasteiger partial charge in [0.2, 0.25) is 0 Å². The molecule has 0 aromatic heterocycles. The van der Waals surface area contributed by atoms with Crippen molar-refractivity contribution in [2.24, 2.45) is 0 Å². The molecule has 1 N–H and O–H groups in total. The standard InChI is InChI=1S/C11H16FN/c1-8-6-10(12)4-5-11(8)9(2)7-13-3/h4-6,9,13H,7H2,1-3H3/t9-/m0/s1. The second-order valence-electron chi connectivity index (χ2n) is 3.46. The fourth-order valence-corrected chi connectivity index (χ4v) is 1.61. The van der Waals surface area contributed by atoms with E-state index in [1.807, 2.05) is 20.0 Å². The van der Waals surface area contributed by atoms with Gasteiger partial charge in [-0.1, -0.05) is 13.0 Å². The lowest BCUT2D eigenvalue weighted by Crippen LogP contribution is -2.15. The predicted molar refractivity (Wildman–Crippen MR) is 53.5 cm³/mol. The quantitative estimate of drug-likeness (QED) is 0.755. The first-order valence-corrected chi connectivity index (χ1v) is 4.55. The summed E-state index contributed by atoms with van der Waals surface area (Å²) >= 11 is 0. The second kappa shape index (κ2) is 4.38. The normalized spacial score (nSPS) is 12.9. The van der Waals surface area contributed by atoms with E-state index < -0.39 is 0 Å². The Bertz CT molecular complexity index is 283. The van der Waals surface area contributed by atoms with Gasteiger partial charge in [-0.15, -0.1) is 0 Å². The molecule has 0 heterocycles. The molecule has 0 aliphatic heterocycles. The molecule has 2 heteroatoms. The van der Waals surface area contributed by atoms with Crippen molar-refractivity contribution < 1.29 is 4.39 Å². The van der Waals surface area contributed by atoms with Crippen molar-refractivity contribution in [1.82, 2.24) is 5.32 Å². The molecule has 13 heavy (non-hydrogen) atoms. The number of halogens is 1. The van der Waals surface area contributed by atoms with Gasteiger partial charge in [0.1, 0.15) is 5.82 Å². The van der Waals surface area contributed by atoms with Crippen LogP contribution in [0.3, 0.4) is 0 Å². The minimum Gasteiger partial charge on any atom is -0.319 e. The van der Waals surface area contributed by atoms with Crippen molar-refractivity contribution in [1.29, 1.82) is 0 Å². The molecule has 0 saturated heterocycles. The molecule has 0 bridgehead atoms. The first-order valence-electron chi connectivity index (χ1n) is 4.55. The summed E-state index contributed by atoms with van der Waals surface area (Å²) in [5, 5.41) is 3.11. The zero-order valence-electron chi connectivity index (χ0n) is 8.39. The second-order valence-corrected chi connectivity index (χ2v) is 3.46. The van der Waals surface area contributed by atoms with E-state index in [0.29, 0.717) is 5.92 Å². The Balaban J connectivity index is 2.88. The number of nitrogens with one attached hydrogen (secondary N) is 1. The van der Waals surface area contributed by atoms with Crippen LogP contribution in [-0.4, -0.2) is 13.6 Å². The Morgan fingerprint density at radius 2 is 2.15 bits per heavy atom. The van der Waals surface area contributed by atoms with E-state index in [9.17, 15) is 4.39 Å². The summed E-state index contributed by atoms with van der Waals surface area (Å²) < 4.78 is 12.8. The van der Waals surface area contributed by atoms with Crippen molar-refractivity contribution in [3.63, 3.8) is 0 Å². The number of aryl methyl sites for hydroxylation is 1. The Morgan fingerprint density at radius 1 is 1.46 bits per heavy atom. The Morgan fingerprint density at radius 3 is 2.69 bits per heavy atom. The van der Waals surface area contributed by atoms with Gasteiger partial charge >= 0.3 is 0 Å². The van der Waals surface area contributed by atoms with Gasteiger partial charge in [-0.25, -0.2) is 4.39 Å².